The topological polar surface area (TPSA) is 50.4 Å². The van der Waals surface area contributed by atoms with Crippen LogP contribution in [0.25, 0.3) is 0 Å². The molecule has 19 heavy (non-hydrogen) atoms. The summed E-state index contributed by atoms with van der Waals surface area (Å²) < 4.78 is 18.1. The zero-order chi connectivity index (χ0) is 13.0. The molecule has 1 aromatic rings. The standard InChI is InChI=1S/C12H14ClFN2O2.ClH/c13-9-5-8(1-2-10(9)14)6-16-12(17)11-7-18-4-3-15-11;/h1-2,5,11,15H,3-4,6-7H2,(H,16,17);1H. The Morgan fingerprint density at radius 1 is 1.58 bits per heavy atom. The molecule has 7 heteroatoms. The summed E-state index contributed by atoms with van der Waals surface area (Å²) in [5.74, 6) is -0.593. The van der Waals surface area contributed by atoms with Crippen molar-refractivity contribution in [1.82, 2.24) is 10.6 Å². The third-order valence-electron chi connectivity index (χ3n) is 2.69. The minimum absolute atomic E-state index is 0. The number of ether oxygens (including phenoxy) is 1. The highest BCUT2D eigenvalue weighted by molar-refractivity contribution is 6.30. The van der Waals surface area contributed by atoms with Crippen molar-refractivity contribution in [3.05, 3.63) is 34.6 Å². The van der Waals surface area contributed by atoms with Gasteiger partial charge in [0.1, 0.15) is 11.9 Å². The smallest absolute Gasteiger partial charge is 0.239 e. The van der Waals surface area contributed by atoms with E-state index in [1.807, 2.05) is 0 Å². The maximum atomic E-state index is 12.9. The van der Waals surface area contributed by atoms with Crippen LogP contribution in [0.2, 0.25) is 5.02 Å². The van der Waals surface area contributed by atoms with Crippen molar-refractivity contribution >= 4 is 29.9 Å². The minimum atomic E-state index is -0.464. The monoisotopic (exact) mass is 308 g/mol. The van der Waals surface area contributed by atoms with Crippen LogP contribution in [0.3, 0.4) is 0 Å². The molecule has 2 N–H and O–H groups in total. The van der Waals surface area contributed by atoms with Crippen LogP contribution in [0, 0.1) is 5.82 Å². The molecule has 1 saturated heterocycles. The summed E-state index contributed by atoms with van der Waals surface area (Å²) >= 11 is 5.66. The molecule has 1 aliphatic rings. The van der Waals surface area contributed by atoms with Crippen LogP contribution in [0.15, 0.2) is 18.2 Å². The van der Waals surface area contributed by atoms with E-state index in [1.165, 1.54) is 12.1 Å². The predicted octanol–water partition coefficient (Wildman–Crippen LogP) is 1.51. The number of rotatable bonds is 3. The van der Waals surface area contributed by atoms with E-state index in [9.17, 15) is 9.18 Å². The molecule has 1 atom stereocenters. The van der Waals surface area contributed by atoms with Gasteiger partial charge in [0.05, 0.1) is 18.2 Å². The highest BCUT2D eigenvalue weighted by atomic mass is 35.5. The van der Waals surface area contributed by atoms with E-state index < -0.39 is 5.82 Å². The molecule has 0 bridgehead atoms. The Hall–Kier alpha value is -0.880. The molecule has 1 unspecified atom stereocenters. The highest BCUT2D eigenvalue weighted by Gasteiger charge is 2.20. The number of carbonyl (C=O) groups excluding carboxylic acids is 1. The first kappa shape index (κ1) is 16.2. The second-order valence-corrected chi connectivity index (χ2v) is 4.46. The lowest BCUT2D eigenvalue weighted by molar-refractivity contribution is -0.126. The van der Waals surface area contributed by atoms with Gasteiger partial charge in [-0.05, 0) is 17.7 Å². The van der Waals surface area contributed by atoms with Crippen molar-refractivity contribution in [2.45, 2.75) is 12.6 Å². The van der Waals surface area contributed by atoms with Gasteiger partial charge in [-0.1, -0.05) is 17.7 Å². The van der Waals surface area contributed by atoms with Crippen molar-refractivity contribution in [3.8, 4) is 0 Å². The van der Waals surface area contributed by atoms with Gasteiger partial charge in [0.25, 0.3) is 0 Å². The summed E-state index contributed by atoms with van der Waals surface area (Å²) in [7, 11) is 0. The maximum absolute atomic E-state index is 12.9. The van der Waals surface area contributed by atoms with Gasteiger partial charge in [-0.25, -0.2) is 4.39 Å². The molecule has 106 valence electrons. The first-order chi connectivity index (χ1) is 8.66. The highest BCUT2D eigenvalue weighted by Crippen LogP contribution is 2.15. The fourth-order valence-electron chi connectivity index (χ4n) is 1.70. The Morgan fingerprint density at radius 3 is 3.00 bits per heavy atom. The normalized spacial score (nSPS) is 18.5. The van der Waals surface area contributed by atoms with Crippen LogP contribution in [0.5, 0.6) is 0 Å². The summed E-state index contributed by atoms with van der Waals surface area (Å²) in [4.78, 5) is 11.8. The Bertz CT molecular complexity index is 440. The molecule has 0 aliphatic carbocycles. The van der Waals surface area contributed by atoms with Gasteiger partial charge in [0.15, 0.2) is 0 Å². The van der Waals surface area contributed by atoms with E-state index in [4.69, 9.17) is 16.3 Å². The van der Waals surface area contributed by atoms with E-state index in [-0.39, 0.29) is 29.4 Å². The van der Waals surface area contributed by atoms with Gasteiger partial charge >= 0.3 is 0 Å². The Balaban J connectivity index is 0.00000180. The first-order valence-electron chi connectivity index (χ1n) is 5.69. The molecule has 1 amide bonds. The van der Waals surface area contributed by atoms with Crippen LogP contribution in [0.1, 0.15) is 5.56 Å². The van der Waals surface area contributed by atoms with Gasteiger partial charge in [-0.2, -0.15) is 0 Å². The fourth-order valence-corrected chi connectivity index (χ4v) is 1.90. The van der Waals surface area contributed by atoms with Gasteiger partial charge in [0.2, 0.25) is 5.91 Å². The number of nitrogens with one attached hydrogen (secondary N) is 2. The molecule has 4 nitrogen and oxygen atoms in total. The number of carbonyl (C=O) groups is 1. The van der Waals surface area contributed by atoms with Gasteiger partial charge in [-0.15, -0.1) is 12.4 Å². The zero-order valence-electron chi connectivity index (χ0n) is 10.1. The van der Waals surface area contributed by atoms with E-state index in [0.29, 0.717) is 26.3 Å². The second kappa shape index (κ2) is 7.65. The third kappa shape index (κ3) is 4.62. The number of hydrogen-bond acceptors (Lipinski definition) is 3. The van der Waals surface area contributed by atoms with Crippen LogP contribution in [0.4, 0.5) is 4.39 Å². The second-order valence-electron chi connectivity index (χ2n) is 4.05. The fraction of sp³-hybridized carbons (Fsp3) is 0.417. The molecule has 1 heterocycles. The summed E-state index contributed by atoms with van der Waals surface area (Å²) in [6.07, 6.45) is 0. The number of morpholine rings is 1. The average Bonchev–Trinajstić information content (AvgIpc) is 2.41. The van der Waals surface area contributed by atoms with Crippen LogP contribution in [-0.2, 0) is 16.1 Å². The van der Waals surface area contributed by atoms with Crippen molar-refractivity contribution in [2.24, 2.45) is 0 Å². The number of hydrogen-bond donors (Lipinski definition) is 2. The molecule has 0 spiro atoms. The molecule has 0 aromatic heterocycles. The molecular formula is C12H15Cl2FN2O2. The first-order valence-corrected chi connectivity index (χ1v) is 6.07. The largest absolute Gasteiger partial charge is 0.378 e. The summed E-state index contributed by atoms with van der Waals surface area (Å²) in [5.41, 5.74) is 0.756. The van der Waals surface area contributed by atoms with E-state index in [0.717, 1.165) is 5.56 Å². The van der Waals surface area contributed by atoms with Crippen LogP contribution >= 0.6 is 24.0 Å². The number of benzene rings is 1. The van der Waals surface area contributed by atoms with Crippen molar-refractivity contribution in [2.75, 3.05) is 19.8 Å². The number of amides is 1. The van der Waals surface area contributed by atoms with Crippen molar-refractivity contribution < 1.29 is 13.9 Å². The summed E-state index contributed by atoms with van der Waals surface area (Å²) in [6, 6.07) is 4.05. The zero-order valence-corrected chi connectivity index (χ0v) is 11.7. The van der Waals surface area contributed by atoms with Crippen LogP contribution in [-0.4, -0.2) is 31.7 Å². The molecule has 1 aliphatic heterocycles. The molecule has 1 aromatic carbocycles. The number of halogens is 3. The summed E-state index contributed by atoms with van der Waals surface area (Å²) in [5, 5.41) is 5.86. The lowest BCUT2D eigenvalue weighted by Gasteiger charge is -2.22. The lowest BCUT2D eigenvalue weighted by Crippen LogP contribution is -2.51. The van der Waals surface area contributed by atoms with E-state index in [1.54, 1.807) is 6.07 Å². The maximum Gasteiger partial charge on any atom is 0.239 e. The SMILES string of the molecule is Cl.O=C(NCc1ccc(F)c(Cl)c1)C1COCCN1. The minimum Gasteiger partial charge on any atom is -0.378 e. The van der Waals surface area contributed by atoms with Gasteiger partial charge in [0, 0.05) is 13.1 Å². The van der Waals surface area contributed by atoms with Gasteiger partial charge in [-0.3, -0.25) is 4.79 Å². The van der Waals surface area contributed by atoms with Gasteiger partial charge < -0.3 is 15.4 Å². The Labute approximate surface area is 122 Å². The molecule has 1 fully saturated rings. The Morgan fingerprint density at radius 2 is 2.37 bits per heavy atom. The average molecular weight is 309 g/mol. The van der Waals surface area contributed by atoms with E-state index >= 15 is 0 Å². The predicted molar refractivity (Wildman–Crippen MR) is 73.1 cm³/mol. The molecule has 2 rings (SSSR count). The molecule has 0 radical (unpaired) electrons. The van der Waals surface area contributed by atoms with E-state index in [2.05, 4.69) is 10.6 Å². The molecule has 0 saturated carbocycles. The molecular weight excluding hydrogens is 294 g/mol. The Kier molecular flexibility index (Phi) is 6.51. The van der Waals surface area contributed by atoms with Crippen molar-refractivity contribution in [3.63, 3.8) is 0 Å². The quantitative estimate of drug-likeness (QED) is 0.890. The third-order valence-corrected chi connectivity index (χ3v) is 2.98. The lowest BCUT2D eigenvalue weighted by atomic mass is 10.2. The van der Waals surface area contributed by atoms with Crippen LogP contribution < -0.4 is 10.6 Å². The van der Waals surface area contributed by atoms with Crippen molar-refractivity contribution in [1.29, 1.82) is 0 Å². The summed E-state index contributed by atoms with van der Waals surface area (Å²) in [6.45, 7) is 1.98.